The summed E-state index contributed by atoms with van der Waals surface area (Å²) in [7, 11) is 0. The lowest BCUT2D eigenvalue weighted by atomic mass is 9.90. The number of rotatable bonds is 7. The van der Waals surface area contributed by atoms with Gasteiger partial charge in [-0.15, -0.1) is 0 Å². The maximum absolute atomic E-state index is 13.4. The van der Waals surface area contributed by atoms with Crippen LogP contribution >= 0.6 is 0 Å². The van der Waals surface area contributed by atoms with E-state index in [4.69, 9.17) is 4.74 Å². The van der Waals surface area contributed by atoms with E-state index in [-0.39, 0.29) is 18.7 Å². The minimum absolute atomic E-state index is 0.00588. The van der Waals surface area contributed by atoms with Crippen molar-refractivity contribution in [3.63, 3.8) is 0 Å². The lowest BCUT2D eigenvalue weighted by Gasteiger charge is -2.15. The number of carbonyl (C=O) groups excluding carboxylic acids is 2. The molecule has 7 heteroatoms. The van der Waals surface area contributed by atoms with Gasteiger partial charge in [-0.3, -0.25) is 14.6 Å². The topological polar surface area (TPSA) is 56.3 Å². The van der Waals surface area contributed by atoms with Gasteiger partial charge < -0.3 is 4.74 Å². The SMILES string of the molecule is CCOC(=O)CC(=O)C(Cc1ccc(F)c(F)c1)c1ccc(F)cn1. The Kier molecular flexibility index (Phi) is 6.27. The molecule has 1 atom stereocenters. The molecule has 4 nitrogen and oxygen atoms in total. The molecule has 0 aliphatic heterocycles. The summed E-state index contributed by atoms with van der Waals surface area (Å²) in [5.41, 5.74) is 0.590. The van der Waals surface area contributed by atoms with Crippen LogP contribution in [-0.4, -0.2) is 23.3 Å². The summed E-state index contributed by atoms with van der Waals surface area (Å²) in [6.07, 6.45) is 0.459. The van der Waals surface area contributed by atoms with Crippen molar-refractivity contribution in [2.24, 2.45) is 0 Å². The summed E-state index contributed by atoms with van der Waals surface area (Å²) in [4.78, 5) is 27.9. The van der Waals surface area contributed by atoms with E-state index in [0.29, 0.717) is 5.56 Å². The molecule has 25 heavy (non-hydrogen) atoms. The Balaban J connectivity index is 2.27. The first-order valence-corrected chi connectivity index (χ1v) is 7.64. The minimum Gasteiger partial charge on any atom is -0.466 e. The first kappa shape index (κ1) is 18.6. The highest BCUT2D eigenvalue weighted by molar-refractivity contribution is 5.99. The number of carbonyl (C=O) groups is 2. The number of nitrogens with zero attached hydrogens (tertiary/aromatic N) is 1. The van der Waals surface area contributed by atoms with Crippen LogP contribution in [-0.2, 0) is 20.7 Å². The van der Waals surface area contributed by atoms with Crippen LogP contribution < -0.4 is 0 Å². The highest BCUT2D eigenvalue weighted by Gasteiger charge is 2.25. The van der Waals surface area contributed by atoms with Gasteiger partial charge in [0.15, 0.2) is 17.4 Å². The van der Waals surface area contributed by atoms with Crippen LogP contribution in [0.4, 0.5) is 13.2 Å². The Bertz CT molecular complexity index is 763. The van der Waals surface area contributed by atoms with E-state index in [1.165, 1.54) is 12.1 Å². The van der Waals surface area contributed by atoms with Crippen molar-refractivity contribution in [2.45, 2.75) is 25.7 Å². The largest absolute Gasteiger partial charge is 0.466 e. The number of esters is 1. The summed E-state index contributed by atoms with van der Waals surface area (Å²) in [6.45, 7) is 1.75. The molecule has 1 aromatic heterocycles. The van der Waals surface area contributed by atoms with Crippen LogP contribution in [0.1, 0.15) is 30.5 Å². The van der Waals surface area contributed by atoms with Gasteiger partial charge in [0.1, 0.15) is 12.2 Å². The molecule has 1 unspecified atom stereocenters. The third-order valence-corrected chi connectivity index (χ3v) is 3.54. The first-order valence-electron chi connectivity index (χ1n) is 7.64. The molecule has 0 saturated heterocycles. The number of Topliss-reactive ketones (excluding diaryl/α,β-unsaturated/α-hetero) is 1. The number of benzene rings is 1. The van der Waals surface area contributed by atoms with Gasteiger partial charge >= 0.3 is 5.97 Å². The molecule has 0 saturated carbocycles. The Morgan fingerprint density at radius 1 is 1.12 bits per heavy atom. The van der Waals surface area contributed by atoms with Gasteiger partial charge in [0, 0.05) is 0 Å². The Morgan fingerprint density at radius 3 is 2.48 bits per heavy atom. The minimum atomic E-state index is -1.04. The van der Waals surface area contributed by atoms with Crippen molar-refractivity contribution in [3.05, 3.63) is 65.2 Å². The molecule has 0 radical (unpaired) electrons. The van der Waals surface area contributed by atoms with Crippen molar-refractivity contribution >= 4 is 11.8 Å². The second-order valence-corrected chi connectivity index (χ2v) is 5.35. The maximum Gasteiger partial charge on any atom is 0.313 e. The lowest BCUT2D eigenvalue weighted by Crippen LogP contribution is -2.21. The standard InChI is InChI=1S/C18H16F3NO3/c1-2-25-18(24)9-17(23)13(16-6-4-12(19)10-22-16)7-11-3-5-14(20)15(21)8-11/h3-6,8,10,13H,2,7,9H2,1H3. The fraction of sp³-hybridized carbons (Fsp3) is 0.278. The highest BCUT2D eigenvalue weighted by atomic mass is 19.2. The summed E-state index contributed by atoms with van der Waals surface area (Å²) in [5, 5.41) is 0. The highest BCUT2D eigenvalue weighted by Crippen LogP contribution is 2.23. The third-order valence-electron chi connectivity index (χ3n) is 3.54. The van der Waals surface area contributed by atoms with Crippen molar-refractivity contribution in [3.8, 4) is 0 Å². The number of ketones is 1. The van der Waals surface area contributed by atoms with Gasteiger partial charge in [0.2, 0.25) is 0 Å². The van der Waals surface area contributed by atoms with Crippen LogP contribution in [0.3, 0.4) is 0 Å². The van der Waals surface area contributed by atoms with Crippen LogP contribution in [0.5, 0.6) is 0 Å². The number of halogens is 3. The Hall–Kier alpha value is -2.70. The van der Waals surface area contributed by atoms with Crippen molar-refractivity contribution in [1.82, 2.24) is 4.98 Å². The lowest BCUT2D eigenvalue weighted by molar-refractivity contribution is -0.145. The number of ether oxygens (including phenoxy) is 1. The second kappa shape index (κ2) is 8.41. The molecule has 0 amide bonds. The first-order chi connectivity index (χ1) is 11.9. The summed E-state index contributed by atoms with van der Waals surface area (Å²) >= 11 is 0. The van der Waals surface area contributed by atoms with Gasteiger partial charge in [-0.05, 0) is 43.2 Å². The molecular weight excluding hydrogens is 335 g/mol. The number of hydrogen-bond acceptors (Lipinski definition) is 4. The molecular formula is C18H16F3NO3. The zero-order valence-corrected chi connectivity index (χ0v) is 13.5. The Labute approximate surface area is 142 Å². The van der Waals surface area contributed by atoms with Crippen LogP contribution in [0.2, 0.25) is 0 Å². The van der Waals surface area contributed by atoms with Crippen LogP contribution in [0.25, 0.3) is 0 Å². The van der Waals surface area contributed by atoms with Crippen LogP contribution in [0, 0.1) is 17.5 Å². The summed E-state index contributed by atoms with van der Waals surface area (Å²) in [6, 6.07) is 5.73. The molecule has 1 heterocycles. The van der Waals surface area contributed by atoms with E-state index >= 15 is 0 Å². The molecule has 1 aromatic carbocycles. The maximum atomic E-state index is 13.4. The smallest absolute Gasteiger partial charge is 0.313 e. The molecule has 2 rings (SSSR count). The third kappa shape index (κ3) is 5.14. The number of aromatic nitrogens is 1. The normalized spacial score (nSPS) is 11.8. The quantitative estimate of drug-likeness (QED) is 0.567. The second-order valence-electron chi connectivity index (χ2n) is 5.35. The van der Waals surface area contributed by atoms with Gasteiger partial charge in [0.25, 0.3) is 0 Å². The molecule has 0 aliphatic carbocycles. The van der Waals surface area contributed by atoms with E-state index in [9.17, 15) is 22.8 Å². The zero-order chi connectivity index (χ0) is 18.4. The molecule has 0 fully saturated rings. The van der Waals surface area contributed by atoms with E-state index in [0.717, 1.165) is 24.4 Å². The molecule has 2 aromatic rings. The summed E-state index contributed by atoms with van der Waals surface area (Å²) < 4.78 is 44.3. The van der Waals surface area contributed by atoms with Crippen molar-refractivity contribution in [1.29, 1.82) is 0 Å². The number of hydrogen-bond donors (Lipinski definition) is 0. The number of pyridine rings is 1. The molecule has 0 bridgehead atoms. The van der Waals surface area contributed by atoms with E-state index in [1.807, 2.05) is 0 Å². The fourth-order valence-electron chi connectivity index (χ4n) is 2.36. The van der Waals surface area contributed by atoms with Crippen molar-refractivity contribution < 1.29 is 27.5 Å². The summed E-state index contributed by atoms with van der Waals surface area (Å²) in [5.74, 6) is -4.71. The van der Waals surface area contributed by atoms with Crippen molar-refractivity contribution in [2.75, 3.05) is 6.61 Å². The average molecular weight is 351 g/mol. The monoisotopic (exact) mass is 351 g/mol. The fourth-order valence-corrected chi connectivity index (χ4v) is 2.36. The molecule has 0 spiro atoms. The van der Waals surface area contributed by atoms with Gasteiger partial charge in [-0.1, -0.05) is 6.07 Å². The van der Waals surface area contributed by atoms with E-state index < -0.39 is 41.5 Å². The van der Waals surface area contributed by atoms with E-state index in [2.05, 4.69) is 4.98 Å². The zero-order valence-electron chi connectivity index (χ0n) is 13.5. The molecule has 132 valence electrons. The average Bonchev–Trinajstić information content (AvgIpc) is 2.57. The molecule has 0 N–H and O–H groups in total. The predicted molar refractivity (Wildman–Crippen MR) is 83.3 cm³/mol. The molecule has 0 aliphatic rings. The Morgan fingerprint density at radius 2 is 1.88 bits per heavy atom. The predicted octanol–water partition coefficient (Wildman–Crippen LogP) is 3.35. The van der Waals surface area contributed by atoms with Gasteiger partial charge in [-0.2, -0.15) is 0 Å². The van der Waals surface area contributed by atoms with Crippen LogP contribution in [0.15, 0.2) is 36.5 Å². The van der Waals surface area contributed by atoms with Gasteiger partial charge in [-0.25, -0.2) is 13.2 Å². The van der Waals surface area contributed by atoms with E-state index in [1.54, 1.807) is 6.92 Å². The van der Waals surface area contributed by atoms with Gasteiger partial charge in [0.05, 0.1) is 24.4 Å².